The summed E-state index contributed by atoms with van der Waals surface area (Å²) in [7, 11) is 0. The Kier molecular flexibility index (Phi) is 6.42. The summed E-state index contributed by atoms with van der Waals surface area (Å²) in [6.07, 6.45) is -0.365. The quantitative estimate of drug-likeness (QED) is 0.845. The summed E-state index contributed by atoms with van der Waals surface area (Å²) < 4.78 is 5.27. The van der Waals surface area contributed by atoms with Crippen molar-refractivity contribution in [2.75, 3.05) is 26.2 Å². The van der Waals surface area contributed by atoms with Crippen molar-refractivity contribution in [3.8, 4) is 0 Å². The molecule has 0 aromatic rings. The number of ether oxygens (including phenoxy) is 1. The van der Waals surface area contributed by atoms with Gasteiger partial charge in [-0.2, -0.15) is 0 Å². The Balaban J connectivity index is 2.58. The molecule has 1 N–H and O–H groups in total. The number of amides is 1. The number of alkyl carbamates (subject to hydrolysis) is 1. The van der Waals surface area contributed by atoms with Crippen LogP contribution in [0.15, 0.2) is 0 Å². The average Bonchev–Trinajstić information content (AvgIpc) is 2.36. The third-order valence-electron chi connectivity index (χ3n) is 3.06. The van der Waals surface area contributed by atoms with E-state index in [0.717, 1.165) is 6.54 Å². The first kappa shape index (κ1) is 17.7. The van der Waals surface area contributed by atoms with E-state index in [1.54, 1.807) is 12.0 Å². The van der Waals surface area contributed by atoms with E-state index in [1.165, 1.54) is 0 Å². The molecule has 0 radical (unpaired) electrons. The third-order valence-corrected chi connectivity index (χ3v) is 3.06. The summed E-state index contributed by atoms with van der Waals surface area (Å²) >= 11 is 0. The van der Waals surface area contributed by atoms with Crippen molar-refractivity contribution in [3.05, 3.63) is 0 Å². The highest BCUT2D eigenvalue weighted by Gasteiger charge is 2.30. The molecule has 7 nitrogen and oxygen atoms in total. The van der Waals surface area contributed by atoms with Crippen LogP contribution >= 0.6 is 0 Å². The van der Waals surface area contributed by atoms with E-state index in [2.05, 4.69) is 10.2 Å². The minimum atomic E-state index is -0.538. The number of nitrogens with one attached hydrogen (secondary N) is 1. The van der Waals surface area contributed by atoms with Crippen molar-refractivity contribution in [2.24, 2.45) is 0 Å². The van der Waals surface area contributed by atoms with Gasteiger partial charge in [0.25, 0.3) is 0 Å². The second-order valence-corrected chi connectivity index (χ2v) is 6.00. The number of carbonyl (C=O) groups is 2. The second-order valence-electron chi connectivity index (χ2n) is 6.00. The third kappa shape index (κ3) is 6.31. The zero-order chi connectivity index (χ0) is 16.0. The minimum absolute atomic E-state index is 0.233. The largest absolute Gasteiger partial charge is 0.444 e. The highest BCUT2D eigenvalue weighted by molar-refractivity contribution is 5.69. The Hall–Kier alpha value is -1.34. The summed E-state index contributed by atoms with van der Waals surface area (Å²) in [6.45, 7) is 11.8. The van der Waals surface area contributed by atoms with Crippen molar-refractivity contribution in [2.45, 2.75) is 52.8 Å². The first-order chi connectivity index (χ1) is 9.75. The summed E-state index contributed by atoms with van der Waals surface area (Å²) in [5.74, 6) is -0.268. The highest BCUT2D eigenvalue weighted by Crippen LogP contribution is 2.11. The molecule has 1 fully saturated rings. The molecule has 7 heteroatoms. The van der Waals surface area contributed by atoms with Crippen LogP contribution in [-0.2, 0) is 14.4 Å². The van der Waals surface area contributed by atoms with Gasteiger partial charge in [-0.15, -0.1) is 5.06 Å². The van der Waals surface area contributed by atoms with Gasteiger partial charge in [0.15, 0.2) is 0 Å². The molecule has 1 atom stereocenters. The predicted octanol–water partition coefficient (Wildman–Crippen LogP) is 1.34. The van der Waals surface area contributed by atoms with Gasteiger partial charge >= 0.3 is 12.1 Å². The second kappa shape index (κ2) is 7.61. The fraction of sp³-hybridized carbons (Fsp3) is 0.857. The summed E-state index contributed by atoms with van der Waals surface area (Å²) in [5, 5.41) is 4.43. The van der Waals surface area contributed by atoms with Gasteiger partial charge in [0.05, 0.1) is 6.54 Å². The van der Waals surface area contributed by atoms with Gasteiger partial charge in [-0.05, 0) is 27.3 Å². The summed E-state index contributed by atoms with van der Waals surface area (Å²) in [6, 6.07) is 0. The number of hydrogen-bond donors (Lipinski definition) is 1. The van der Waals surface area contributed by atoms with Crippen molar-refractivity contribution in [1.82, 2.24) is 15.3 Å². The van der Waals surface area contributed by atoms with Crippen molar-refractivity contribution in [3.63, 3.8) is 0 Å². The monoisotopic (exact) mass is 301 g/mol. The van der Waals surface area contributed by atoms with E-state index in [-0.39, 0.29) is 12.1 Å². The van der Waals surface area contributed by atoms with Crippen LogP contribution < -0.4 is 5.32 Å². The maximum absolute atomic E-state index is 11.9. The fourth-order valence-electron chi connectivity index (χ4n) is 2.05. The number of nitrogens with zero attached hydrogens (tertiary/aromatic N) is 2. The molecule has 0 saturated carbocycles. The van der Waals surface area contributed by atoms with Gasteiger partial charge in [0.2, 0.25) is 0 Å². The van der Waals surface area contributed by atoms with Gasteiger partial charge in [-0.25, -0.2) is 4.79 Å². The lowest BCUT2D eigenvalue weighted by atomic mass is 10.2. The lowest BCUT2D eigenvalue weighted by Crippen LogP contribution is -2.60. The predicted molar refractivity (Wildman–Crippen MR) is 78.4 cm³/mol. The van der Waals surface area contributed by atoms with E-state index in [0.29, 0.717) is 26.1 Å². The first-order valence-electron chi connectivity index (χ1n) is 7.44. The topological polar surface area (TPSA) is 71.1 Å². The molecule has 1 amide bonds. The average molecular weight is 301 g/mol. The maximum atomic E-state index is 11.9. The molecule has 0 aliphatic carbocycles. The minimum Gasteiger partial charge on any atom is -0.444 e. The normalized spacial score (nSPS) is 20.9. The number of piperazine rings is 1. The van der Waals surface area contributed by atoms with E-state index in [9.17, 15) is 9.59 Å². The molecular formula is C14H27N3O4. The van der Waals surface area contributed by atoms with Crippen molar-refractivity contribution in [1.29, 1.82) is 0 Å². The van der Waals surface area contributed by atoms with Crippen LogP contribution in [0.1, 0.15) is 41.0 Å². The summed E-state index contributed by atoms with van der Waals surface area (Å²) in [4.78, 5) is 30.6. The highest BCUT2D eigenvalue weighted by atomic mass is 16.7. The standard InChI is InChI=1S/C14H27N3O4/c1-6-12(18)21-17-9-8-16(7-2)11(10-17)15-13(19)20-14(3,4)5/h11H,6-10H2,1-5H3,(H,15,19)/t11-/m0/s1. The van der Waals surface area contributed by atoms with Crippen LogP contribution in [-0.4, -0.2) is 60.0 Å². The van der Waals surface area contributed by atoms with Crippen molar-refractivity contribution < 1.29 is 19.2 Å². The van der Waals surface area contributed by atoms with E-state index in [1.807, 2.05) is 27.7 Å². The molecule has 0 aromatic carbocycles. The molecule has 0 spiro atoms. The molecule has 1 rings (SSSR count). The molecule has 0 bridgehead atoms. The van der Waals surface area contributed by atoms with Crippen LogP contribution in [0.25, 0.3) is 0 Å². The number of carbonyl (C=O) groups excluding carboxylic acids is 2. The van der Waals surface area contributed by atoms with Crippen LogP contribution in [0.2, 0.25) is 0 Å². The van der Waals surface area contributed by atoms with Crippen LogP contribution in [0.4, 0.5) is 4.79 Å². The molecule has 21 heavy (non-hydrogen) atoms. The van der Waals surface area contributed by atoms with E-state index in [4.69, 9.17) is 9.57 Å². The maximum Gasteiger partial charge on any atom is 0.408 e. The Morgan fingerprint density at radius 2 is 1.90 bits per heavy atom. The first-order valence-corrected chi connectivity index (χ1v) is 7.44. The van der Waals surface area contributed by atoms with Crippen LogP contribution in [0, 0.1) is 0 Å². The van der Waals surface area contributed by atoms with Gasteiger partial charge < -0.3 is 14.9 Å². The molecule has 0 unspecified atom stereocenters. The lowest BCUT2D eigenvalue weighted by molar-refractivity contribution is -0.203. The zero-order valence-electron chi connectivity index (χ0n) is 13.6. The smallest absolute Gasteiger partial charge is 0.408 e. The molecule has 122 valence electrons. The fourth-order valence-corrected chi connectivity index (χ4v) is 2.05. The van der Waals surface area contributed by atoms with Crippen molar-refractivity contribution >= 4 is 12.1 Å². The number of hydrogen-bond acceptors (Lipinski definition) is 6. The molecule has 1 aliphatic heterocycles. The Bertz CT molecular complexity index is 368. The number of rotatable bonds is 4. The summed E-state index contributed by atoms with van der Waals surface area (Å²) in [5.41, 5.74) is -0.538. The van der Waals surface area contributed by atoms with E-state index >= 15 is 0 Å². The number of hydroxylamine groups is 2. The molecule has 1 aliphatic rings. The molecule has 0 aromatic heterocycles. The van der Waals surface area contributed by atoms with Gasteiger partial charge in [0, 0.05) is 19.5 Å². The molecule has 1 saturated heterocycles. The SMILES string of the molecule is CCC(=O)ON1CCN(CC)[C@H](NC(=O)OC(C)(C)C)C1. The molecule has 1 heterocycles. The van der Waals surface area contributed by atoms with E-state index < -0.39 is 11.7 Å². The Morgan fingerprint density at radius 3 is 2.43 bits per heavy atom. The number of likely N-dealkylation sites (N-methyl/N-ethyl adjacent to an activating group) is 1. The Morgan fingerprint density at radius 1 is 1.24 bits per heavy atom. The molecular weight excluding hydrogens is 274 g/mol. The van der Waals surface area contributed by atoms with Crippen LogP contribution in [0.5, 0.6) is 0 Å². The van der Waals surface area contributed by atoms with Gasteiger partial charge in [0.1, 0.15) is 11.8 Å². The Labute approximate surface area is 126 Å². The van der Waals surface area contributed by atoms with Gasteiger partial charge in [-0.1, -0.05) is 13.8 Å². The lowest BCUT2D eigenvalue weighted by Gasteiger charge is -2.39. The van der Waals surface area contributed by atoms with Gasteiger partial charge in [-0.3, -0.25) is 9.69 Å². The van der Waals surface area contributed by atoms with Crippen LogP contribution in [0.3, 0.4) is 0 Å². The zero-order valence-corrected chi connectivity index (χ0v) is 13.6.